The van der Waals surface area contributed by atoms with Crippen LogP contribution in [0.2, 0.25) is 0 Å². The molecule has 2 aromatic carbocycles. The molecule has 0 radical (unpaired) electrons. The van der Waals surface area contributed by atoms with Crippen molar-refractivity contribution in [2.75, 3.05) is 6.54 Å². The quantitative estimate of drug-likeness (QED) is 0.853. The first-order chi connectivity index (χ1) is 10.7. The summed E-state index contributed by atoms with van der Waals surface area (Å²) in [5.41, 5.74) is 8.92. The van der Waals surface area contributed by atoms with E-state index in [1.807, 2.05) is 30.3 Å². The smallest absolute Gasteiger partial charge is 0.251 e. The molecule has 0 unspecified atom stereocenters. The largest absolute Gasteiger partial charge is 0.351 e. The van der Waals surface area contributed by atoms with Gasteiger partial charge in [0, 0.05) is 18.7 Å². The number of carbonyl (C=O) groups is 1. The van der Waals surface area contributed by atoms with Crippen LogP contribution in [0.1, 0.15) is 34.3 Å². The van der Waals surface area contributed by atoms with Crippen molar-refractivity contribution < 1.29 is 4.79 Å². The van der Waals surface area contributed by atoms with Gasteiger partial charge in [-0.1, -0.05) is 42.5 Å². The summed E-state index contributed by atoms with van der Waals surface area (Å²) in [5, 5.41) is 3.09. The van der Waals surface area contributed by atoms with Crippen molar-refractivity contribution in [2.45, 2.75) is 25.8 Å². The number of amides is 1. The van der Waals surface area contributed by atoms with Gasteiger partial charge in [-0.3, -0.25) is 4.79 Å². The van der Waals surface area contributed by atoms with Crippen LogP contribution in [0.3, 0.4) is 0 Å². The zero-order valence-corrected chi connectivity index (χ0v) is 13.9. The predicted octanol–water partition coefficient (Wildman–Crippen LogP) is 3.32. The van der Waals surface area contributed by atoms with Gasteiger partial charge in [-0.05, 0) is 47.9 Å². The highest BCUT2D eigenvalue weighted by atomic mass is 35.5. The van der Waals surface area contributed by atoms with Gasteiger partial charge in [0.15, 0.2) is 0 Å². The number of rotatable bonds is 6. The zero-order valence-electron chi connectivity index (χ0n) is 13.1. The van der Waals surface area contributed by atoms with Crippen LogP contribution in [0, 0.1) is 5.41 Å². The maximum Gasteiger partial charge on any atom is 0.251 e. The van der Waals surface area contributed by atoms with Gasteiger partial charge in [-0.15, -0.1) is 12.4 Å². The third kappa shape index (κ3) is 4.57. The third-order valence-corrected chi connectivity index (χ3v) is 4.45. The molecule has 3 nitrogen and oxygen atoms in total. The molecule has 1 amide bonds. The SMILES string of the molecule is Cl.NCc1ccc(C(=O)NCC2(Cc3ccccc3)CC2)cc1. The summed E-state index contributed by atoms with van der Waals surface area (Å²) in [6.45, 7) is 1.25. The summed E-state index contributed by atoms with van der Waals surface area (Å²) in [7, 11) is 0. The van der Waals surface area contributed by atoms with Crippen LogP contribution in [-0.4, -0.2) is 12.5 Å². The first-order valence-electron chi connectivity index (χ1n) is 7.82. The number of hydrogen-bond acceptors (Lipinski definition) is 2. The Kier molecular flexibility index (Phi) is 5.80. The van der Waals surface area contributed by atoms with E-state index in [-0.39, 0.29) is 23.7 Å². The fraction of sp³-hybridized carbons (Fsp3) is 0.316. The second-order valence-corrected chi connectivity index (χ2v) is 6.25. The molecule has 122 valence electrons. The Hall–Kier alpha value is -1.84. The van der Waals surface area contributed by atoms with E-state index in [4.69, 9.17) is 5.73 Å². The van der Waals surface area contributed by atoms with Gasteiger partial charge in [0.25, 0.3) is 5.91 Å². The van der Waals surface area contributed by atoms with E-state index in [1.165, 1.54) is 18.4 Å². The molecule has 0 bridgehead atoms. The van der Waals surface area contributed by atoms with Crippen LogP contribution in [0.25, 0.3) is 0 Å². The Morgan fingerprint density at radius 3 is 2.22 bits per heavy atom. The van der Waals surface area contributed by atoms with Crippen molar-refractivity contribution in [3.8, 4) is 0 Å². The third-order valence-electron chi connectivity index (χ3n) is 4.45. The highest BCUT2D eigenvalue weighted by molar-refractivity contribution is 5.94. The fourth-order valence-corrected chi connectivity index (χ4v) is 2.78. The van der Waals surface area contributed by atoms with E-state index in [2.05, 4.69) is 29.6 Å². The Morgan fingerprint density at radius 2 is 1.65 bits per heavy atom. The van der Waals surface area contributed by atoms with Gasteiger partial charge in [-0.25, -0.2) is 0 Å². The number of hydrogen-bond donors (Lipinski definition) is 2. The predicted molar refractivity (Wildman–Crippen MR) is 95.7 cm³/mol. The number of carbonyl (C=O) groups excluding carboxylic acids is 1. The lowest BCUT2D eigenvalue weighted by Crippen LogP contribution is -2.31. The Bertz CT molecular complexity index is 636. The van der Waals surface area contributed by atoms with E-state index in [1.54, 1.807) is 0 Å². The molecule has 3 rings (SSSR count). The number of nitrogens with one attached hydrogen (secondary N) is 1. The van der Waals surface area contributed by atoms with Crippen LogP contribution < -0.4 is 11.1 Å². The summed E-state index contributed by atoms with van der Waals surface area (Å²) in [6.07, 6.45) is 3.42. The normalized spacial score (nSPS) is 14.7. The van der Waals surface area contributed by atoms with Crippen molar-refractivity contribution in [3.05, 3.63) is 71.3 Å². The minimum absolute atomic E-state index is 0. The average molecular weight is 331 g/mol. The number of benzene rings is 2. The second kappa shape index (κ2) is 7.62. The van der Waals surface area contributed by atoms with E-state index in [0.717, 1.165) is 18.5 Å². The van der Waals surface area contributed by atoms with Gasteiger partial charge in [-0.2, -0.15) is 0 Å². The monoisotopic (exact) mass is 330 g/mol. The van der Waals surface area contributed by atoms with Crippen molar-refractivity contribution in [2.24, 2.45) is 11.1 Å². The molecular formula is C19H23ClN2O. The van der Waals surface area contributed by atoms with E-state index < -0.39 is 0 Å². The Balaban J connectivity index is 0.00000192. The summed E-state index contributed by atoms with van der Waals surface area (Å²) in [6, 6.07) is 18.0. The molecule has 0 heterocycles. The lowest BCUT2D eigenvalue weighted by Gasteiger charge is -2.16. The second-order valence-electron chi connectivity index (χ2n) is 6.25. The van der Waals surface area contributed by atoms with E-state index in [9.17, 15) is 4.79 Å². The fourth-order valence-electron chi connectivity index (χ4n) is 2.78. The molecular weight excluding hydrogens is 308 g/mol. The van der Waals surface area contributed by atoms with Gasteiger partial charge in [0.05, 0.1) is 0 Å². The van der Waals surface area contributed by atoms with Crippen molar-refractivity contribution >= 4 is 18.3 Å². The van der Waals surface area contributed by atoms with E-state index in [0.29, 0.717) is 12.1 Å². The first kappa shape index (κ1) is 17.5. The van der Waals surface area contributed by atoms with Crippen molar-refractivity contribution in [3.63, 3.8) is 0 Å². The highest BCUT2D eigenvalue weighted by Gasteiger charge is 2.42. The van der Waals surface area contributed by atoms with Crippen LogP contribution >= 0.6 is 12.4 Å². The Labute approximate surface area is 143 Å². The number of nitrogens with two attached hydrogens (primary N) is 1. The van der Waals surface area contributed by atoms with Gasteiger partial charge < -0.3 is 11.1 Å². The molecule has 1 aliphatic carbocycles. The lowest BCUT2D eigenvalue weighted by atomic mass is 9.96. The summed E-state index contributed by atoms with van der Waals surface area (Å²) < 4.78 is 0. The van der Waals surface area contributed by atoms with Gasteiger partial charge in [0.2, 0.25) is 0 Å². The van der Waals surface area contributed by atoms with Crippen molar-refractivity contribution in [1.29, 1.82) is 0 Å². The molecule has 23 heavy (non-hydrogen) atoms. The zero-order chi connectivity index (χ0) is 15.4. The van der Waals surface area contributed by atoms with Crippen molar-refractivity contribution in [1.82, 2.24) is 5.32 Å². The number of halogens is 1. The minimum atomic E-state index is 0. The Morgan fingerprint density at radius 1 is 1.00 bits per heavy atom. The topological polar surface area (TPSA) is 55.1 Å². The maximum atomic E-state index is 12.2. The summed E-state index contributed by atoms with van der Waals surface area (Å²) in [4.78, 5) is 12.2. The molecule has 0 aromatic heterocycles. The van der Waals surface area contributed by atoms with Gasteiger partial charge in [0.1, 0.15) is 0 Å². The molecule has 4 heteroatoms. The molecule has 3 N–H and O–H groups in total. The van der Waals surface area contributed by atoms with Crippen LogP contribution in [-0.2, 0) is 13.0 Å². The van der Waals surface area contributed by atoms with Gasteiger partial charge >= 0.3 is 0 Å². The highest BCUT2D eigenvalue weighted by Crippen LogP contribution is 2.47. The summed E-state index contributed by atoms with van der Waals surface area (Å²) in [5.74, 6) is 0.00269. The lowest BCUT2D eigenvalue weighted by molar-refractivity contribution is 0.0944. The molecule has 1 aliphatic rings. The molecule has 1 fully saturated rings. The van der Waals surface area contributed by atoms with Crippen LogP contribution in [0.5, 0.6) is 0 Å². The first-order valence-corrected chi connectivity index (χ1v) is 7.82. The standard InChI is InChI=1S/C19H22N2O.ClH/c20-13-16-6-8-17(9-7-16)18(22)21-14-19(10-11-19)12-15-4-2-1-3-5-15;/h1-9H,10-14,20H2,(H,21,22);1H. The molecule has 0 aliphatic heterocycles. The molecule has 1 saturated carbocycles. The average Bonchev–Trinajstić information content (AvgIpc) is 3.33. The molecule has 0 spiro atoms. The maximum absolute atomic E-state index is 12.2. The van der Waals surface area contributed by atoms with Crippen LogP contribution in [0.4, 0.5) is 0 Å². The van der Waals surface area contributed by atoms with Crippen LogP contribution in [0.15, 0.2) is 54.6 Å². The summed E-state index contributed by atoms with van der Waals surface area (Å²) >= 11 is 0. The molecule has 2 aromatic rings. The molecule has 0 atom stereocenters. The van der Waals surface area contributed by atoms with E-state index >= 15 is 0 Å². The molecule has 0 saturated heterocycles. The minimum Gasteiger partial charge on any atom is -0.351 e.